The van der Waals surface area contributed by atoms with E-state index >= 15 is 4.11 Å². The van der Waals surface area contributed by atoms with E-state index in [1.165, 1.54) is 5.01 Å². The van der Waals surface area contributed by atoms with Gasteiger partial charge in [-0.2, -0.15) is 5.10 Å². The zero-order valence-corrected chi connectivity index (χ0v) is 25.2. The molecule has 7 nitrogen and oxygen atoms in total. The van der Waals surface area contributed by atoms with Crippen LogP contribution in [0, 0.1) is 5.92 Å². The molecule has 218 valence electrons. The van der Waals surface area contributed by atoms with Gasteiger partial charge in [0.15, 0.2) is 5.60 Å². The van der Waals surface area contributed by atoms with E-state index in [2.05, 4.69) is 5.10 Å². The lowest BCUT2D eigenvalue weighted by Crippen LogP contribution is -2.45. The van der Waals surface area contributed by atoms with Crippen LogP contribution in [0.5, 0.6) is 0 Å². The lowest BCUT2D eigenvalue weighted by molar-refractivity contribution is -0.146. The van der Waals surface area contributed by atoms with Gasteiger partial charge in [0, 0.05) is 36.5 Å². The van der Waals surface area contributed by atoms with Crippen molar-refractivity contribution in [3.63, 3.8) is 0 Å². The van der Waals surface area contributed by atoms with Gasteiger partial charge in [0.25, 0.3) is 5.91 Å². The molecule has 0 radical (unpaired) electrons. The molecule has 1 fully saturated rings. The van der Waals surface area contributed by atoms with Gasteiger partial charge in [-0.25, -0.2) is 5.01 Å². The third-order valence-electron chi connectivity index (χ3n) is 8.94. The maximum absolute atomic E-state index is 15.7. The highest BCUT2D eigenvalue weighted by Crippen LogP contribution is 2.60. The van der Waals surface area contributed by atoms with Gasteiger partial charge in [0.1, 0.15) is 0 Å². The maximum atomic E-state index is 15.7. The Kier molecular flexibility index (Phi) is 7.37. The summed E-state index contributed by atoms with van der Waals surface area (Å²) in [5, 5.41) is 15.8. The van der Waals surface area contributed by atoms with Crippen LogP contribution in [0.4, 0.5) is 15.5 Å². The number of anilines is 2. The van der Waals surface area contributed by atoms with Gasteiger partial charge in [0.2, 0.25) is 14.3 Å². The minimum atomic E-state index is -3.23. The molecule has 0 aliphatic carbocycles. The van der Waals surface area contributed by atoms with Gasteiger partial charge in [0.05, 0.1) is 29.7 Å². The molecule has 0 saturated carbocycles. The average molecular weight is 586 g/mol. The van der Waals surface area contributed by atoms with E-state index < -0.39 is 25.7 Å². The second-order valence-corrected chi connectivity index (χ2v) is 15.8. The molecule has 1 spiro atoms. The predicted octanol–water partition coefficient (Wildman–Crippen LogP) is 5.92. The summed E-state index contributed by atoms with van der Waals surface area (Å²) in [6.07, 6.45) is 0.734. The number of hydrogen-bond donors (Lipinski definition) is 1. The number of rotatable bonds is 7. The van der Waals surface area contributed by atoms with Crippen molar-refractivity contribution in [1.29, 1.82) is 0 Å². The summed E-state index contributed by atoms with van der Waals surface area (Å²) in [5.41, 5.74) is 3.20. The van der Waals surface area contributed by atoms with Crippen molar-refractivity contribution in [1.82, 2.24) is 0 Å². The highest BCUT2D eigenvalue weighted by molar-refractivity contribution is 6.72. The molecule has 6 rings (SSSR count). The summed E-state index contributed by atoms with van der Waals surface area (Å²) >= 11 is 0. The van der Waals surface area contributed by atoms with Crippen molar-refractivity contribution < 1.29 is 23.5 Å². The van der Waals surface area contributed by atoms with Crippen molar-refractivity contribution in [3.8, 4) is 0 Å². The smallest absolute Gasteiger partial charge is 0.264 e. The van der Waals surface area contributed by atoms with Gasteiger partial charge in [-0.05, 0) is 48.8 Å². The first-order valence-corrected chi connectivity index (χ1v) is 17.5. The molecule has 42 heavy (non-hydrogen) atoms. The summed E-state index contributed by atoms with van der Waals surface area (Å²) in [5.74, 6) is -0.650. The highest BCUT2D eigenvalue weighted by Gasteiger charge is 2.66. The number of nitrogens with zero attached hydrogens (tertiary/aromatic N) is 3. The number of para-hydroxylation sites is 1. The van der Waals surface area contributed by atoms with Crippen molar-refractivity contribution in [2.45, 2.75) is 63.1 Å². The molecule has 1 N–H and O–H groups in total. The molecule has 4 atom stereocenters. The van der Waals surface area contributed by atoms with Crippen LogP contribution in [0.2, 0.25) is 18.6 Å². The van der Waals surface area contributed by atoms with Gasteiger partial charge < -0.3 is 18.9 Å². The fourth-order valence-electron chi connectivity index (χ4n) is 7.07. The molecular formula is C33H36FN3O4Si. The first kappa shape index (κ1) is 28.5. The molecule has 0 aromatic heterocycles. The molecule has 3 aliphatic rings. The zero-order valence-electron chi connectivity index (χ0n) is 24.2. The molecule has 3 aromatic carbocycles. The van der Waals surface area contributed by atoms with Gasteiger partial charge >= 0.3 is 0 Å². The molecule has 0 bridgehead atoms. The number of amides is 2. The lowest BCUT2D eigenvalue weighted by Gasteiger charge is -2.31. The number of fused-ring (bicyclic) bond motifs is 2. The Morgan fingerprint density at radius 1 is 1.00 bits per heavy atom. The van der Waals surface area contributed by atoms with E-state index in [0.717, 1.165) is 28.1 Å². The topological polar surface area (TPSA) is 82.4 Å². The monoisotopic (exact) mass is 585 g/mol. The summed E-state index contributed by atoms with van der Waals surface area (Å²) in [4.78, 5) is 28.8. The Bertz CT molecular complexity index is 1520. The fraction of sp³-hybridized carbons (Fsp3) is 0.364. The van der Waals surface area contributed by atoms with E-state index in [9.17, 15) is 14.7 Å². The van der Waals surface area contributed by atoms with Crippen molar-refractivity contribution in [2.75, 3.05) is 16.5 Å². The number of ether oxygens (including phenoxy) is 1. The standard InChI is InChI=1S/C33H36FN3O4Si/c1-22-31(42(2,3)34)29(19-20-38)41-33(22)26-11-7-8-12-28(26)36(32(33)40)21-23-13-15-25(16-14-23)37-30(39)18-17-27(35-37)24-9-5-4-6-10-24/h4-16,22,29,31,38H,17-21H2,1-3H3/t22-,29+,31-,33+/m0/s1. The largest absolute Gasteiger partial charge is 0.396 e. The Morgan fingerprint density at radius 2 is 1.69 bits per heavy atom. The number of halogens is 1. The van der Waals surface area contributed by atoms with Crippen LogP contribution in [0.25, 0.3) is 0 Å². The van der Waals surface area contributed by atoms with Gasteiger partial charge in [-0.15, -0.1) is 0 Å². The highest BCUT2D eigenvalue weighted by atomic mass is 28.4. The molecule has 1 saturated heterocycles. The average Bonchev–Trinajstić information content (AvgIpc) is 3.41. The Labute approximate surface area is 246 Å². The summed E-state index contributed by atoms with van der Waals surface area (Å²) in [7, 11) is -3.23. The minimum absolute atomic E-state index is 0.0632. The number of hydrogen-bond acceptors (Lipinski definition) is 5. The van der Waals surface area contributed by atoms with Crippen LogP contribution in [0.15, 0.2) is 84.0 Å². The Hall–Kier alpha value is -3.66. The maximum Gasteiger partial charge on any atom is 0.264 e. The first-order chi connectivity index (χ1) is 20.1. The zero-order chi connectivity index (χ0) is 29.6. The number of aliphatic hydroxyl groups excluding tert-OH is 1. The third-order valence-corrected chi connectivity index (χ3v) is 11.4. The molecule has 0 unspecified atom stereocenters. The van der Waals surface area contributed by atoms with Crippen LogP contribution in [-0.2, 0) is 26.5 Å². The van der Waals surface area contributed by atoms with E-state index in [-0.39, 0.29) is 30.8 Å². The van der Waals surface area contributed by atoms with Crippen LogP contribution < -0.4 is 9.91 Å². The molecule has 3 heterocycles. The second-order valence-electron chi connectivity index (χ2n) is 12.0. The van der Waals surface area contributed by atoms with Crippen LogP contribution in [-0.4, -0.2) is 43.8 Å². The van der Waals surface area contributed by atoms with Crippen molar-refractivity contribution in [3.05, 3.63) is 95.6 Å². The molecular weight excluding hydrogens is 549 g/mol. The summed E-state index contributed by atoms with van der Waals surface area (Å²) in [6, 6.07) is 25.0. The Morgan fingerprint density at radius 3 is 2.38 bits per heavy atom. The number of hydrazone groups is 1. The van der Waals surface area contributed by atoms with E-state index in [0.29, 0.717) is 25.1 Å². The van der Waals surface area contributed by atoms with E-state index in [1.54, 1.807) is 18.0 Å². The number of aliphatic hydroxyl groups is 1. The quantitative estimate of drug-likeness (QED) is 0.276. The van der Waals surface area contributed by atoms with Crippen LogP contribution in [0.3, 0.4) is 0 Å². The third kappa shape index (κ3) is 4.69. The van der Waals surface area contributed by atoms with Crippen molar-refractivity contribution >= 4 is 37.3 Å². The first-order valence-electron chi connectivity index (χ1n) is 14.6. The summed E-state index contributed by atoms with van der Waals surface area (Å²) in [6.45, 7) is 5.41. The lowest BCUT2D eigenvalue weighted by atomic mass is 9.82. The number of carbonyl (C=O) groups is 2. The van der Waals surface area contributed by atoms with E-state index in [4.69, 9.17) is 4.74 Å². The predicted molar refractivity (Wildman–Crippen MR) is 164 cm³/mol. The van der Waals surface area contributed by atoms with Crippen LogP contribution >= 0.6 is 0 Å². The number of benzene rings is 3. The minimum Gasteiger partial charge on any atom is -0.396 e. The normalized spacial score (nSPS) is 25.7. The molecule has 9 heteroatoms. The molecule has 3 aliphatic heterocycles. The van der Waals surface area contributed by atoms with E-state index in [1.807, 2.05) is 85.8 Å². The fourth-order valence-corrected chi connectivity index (χ4v) is 9.62. The molecule has 2 amide bonds. The second kappa shape index (κ2) is 10.9. The number of carbonyl (C=O) groups excluding carboxylic acids is 2. The Balaban J connectivity index is 1.28. The van der Waals surface area contributed by atoms with Crippen molar-refractivity contribution in [2.24, 2.45) is 11.0 Å². The van der Waals surface area contributed by atoms with Gasteiger partial charge in [-0.3, -0.25) is 9.59 Å². The SMILES string of the molecule is C[C@H]1[C@H]([Si](C)(C)F)[C@@H](CCO)O[C@]12C(=O)N(Cc1ccc(N3N=C(c4ccccc4)CCC3=O)cc1)c1ccccc12. The summed E-state index contributed by atoms with van der Waals surface area (Å²) < 4.78 is 22.2. The van der Waals surface area contributed by atoms with Gasteiger partial charge in [-0.1, -0.05) is 67.6 Å². The van der Waals surface area contributed by atoms with Crippen LogP contribution in [0.1, 0.15) is 42.9 Å². The molecule has 3 aromatic rings.